The number of hydrogen-bond acceptors (Lipinski definition) is 4. The van der Waals surface area contributed by atoms with Gasteiger partial charge in [-0.1, -0.05) is 0 Å². The average Bonchev–Trinajstić information content (AvgIpc) is 2.99. The van der Waals surface area contributed by atoms with Crippen molar-refractivity contribution in [2.24, 2.45) is 7.05 Å². The molecule has 3 nitrogen and oxygen atoms in total. The Morgan fingerprint density at radius 3 is 2.43 bits per heavy atom. The van der Waals surface area contributed by atoms with Crippen molar-refractivity contribution in [3.8, 4) is 0 Å². The SMILES string of the molecule is Cn1nc(C(F)(F)F)c(C=O)c1SCc1sccc1C(F)(F)F. The number of carbonyl (C=O) groups excluding carboxylic acids is 1. The number of halogens is 6. The number of rotatable bonds is 4. The van der Waals surface area contributed by atoms with Crippen molar-refractivity contribution < 1.29 is 31.1 Å². The van der Waals surface area contributed by atoms with Crippen LogP contribution in [-0.4, -0.2) is 16.1 Å². The van der Waals surface area contributed by atoms with Crippen LogP contribution in [0.25, 0.3) is 0 Å². The topological polar surface area (TPSA) is 34.9 Å². The largest absolute Gasteiger partial charge is 0.435 e. The predicted molar refractivity (Wildman–Crippen MR) is 72.5 cm³/mol. The quantitative estimate of drug-likeness (QED) is 0.445. The van der Waals surface area contributed by atoms with Gasteiger partial charge in [-0.15, -0.1) is 23.1 Å². The predicted octanol–water partition coefficient (Wildman–Crippen LogP) is 4.62. The van der Waals surface area contributed by atoms with Crippen molar-refractivity contribution >= 4 is 29.4 Å². The summed E-state index contributed by atoms with van der Waals surface area (Å²) in [6.07, 6.45) is -9.34. The Balaban J connectivity index is 2.31. The molecular formula is C12H8F6N2OS2. The molecule has 2 heterocycles. The number of thioether (sulfide) groups is 1. The molecule has 126 valence electrons. The third kappa shape index (κ3) is 3.71. The minimum atomic E-state index is -4.81. The number of aldehydes is 1. The Morgan fingerprint density at radius 2 is 1.91 bits per heavy atom. The Hall–Kier alpha value is -1.49. The van der Waals surface area contributed by atoms with E-state index in [9.17, 15) is 31.1 Å². The molecule has 0 radical (unpaired) electrons. The Morgan fingerprint density at radius 1 is 1.26 bits per heavy atom. The van der Waals surface area contributed by atoms with E-state index in [2.05, 4.69) is 5.10 Å². The summed E-state index contributed by atoms with van der Waals surface area (Å²) in [5.74, 6) is -0.218. The molecule has 0 amide bonds. The number of aromatic nitrogens is 2. The van der Waals surface area contributed by atoms with Crippen LogP contribution in [0.15, 0.2) is 16.5 Å². The smallest absolute Gasteiger partial charge is 0.298 e. The molecule has 0 fully saturated rings. The molecule has 0 aliphatic heterocycles. The lowest BCUT2D eigenvalue weighted by molar-refractivity contribution is -0.141. The van der Waals surface area contributed by atoms with E-state index in [4.69, 9.17) is 0 Å². The third-order valence-corrected chi connectivity index (χ3v) is 5.10. The molecule has 2 rings (SSSR count). The van der Waals surface area contributed by atoms with Crippen molar-refractivity contribution in [2.75, 3.05) is 0 Å². The minimum Gasteiger partial charge on any atom is -0.298 e. The normalized spacial score (nSPS) is 12.7. The number of aryl methyl sites for hydroxylation is 1. The van der Waals surface area contributed by atoms with E-state index in [1.807, 2.05) is 0 Å². The van der Waals surface area contributed by atoms with Crippen molar-refractivity contribution in [2.45, 2.75) is 23.1 Å². The van der Waals surface area contributed by atoms with Crippen molar-refractivity contribution in [3.63, 3.8) is 0 Å². The van der Waals surface area contributed by atoms with Crippen LogP contribution in [-0.2, 0) is 25.2 Å². The first-order valence-corrected chi connectivity index (χ1v) is 7.78. The first kappa shape index (κ1) is 17.9. The highest BCUT2D eigenvalue weighted by Crippen LogP contribution is 2.40. The molecule has 2 aromatic heterocycles. The molecule has 0 bridgehead atoms. The molecule has 0 saturated heterocycles. The van der Waals surface area contributed by atoms with Gasteiger partial charge in [-0.25, -0.2) is 0 Å². The molecule has 23 heavy (non-hydrogen) atoms. The first-order valence-electron chi connectivity index (χ1n) is 5.91. The Bertz CT molecular complexity index is 716. The number of alkyl halides is 6. The summed E-state index contributed by atoms with van der Waals surface area (Å²) < 4.78 is 77.5. The highest BCUT2D eigenvalue weighted by Gasteiger charge is 2.39. The van der Waals surface area contributed by atoms with E-state index in [0.29, 0.717) is 11.8 Å². The summed E-state index contributed by atoms with van der Waals surface area (Å²) in [7, 11) is 1.20. The monoisotopic (exact) mass is 374 g/mol. The maximum Gasteiger partial charge on any atom is 0.435 e. The van der Waals surface area contributed by atoms with Gasteiger partial charge in [0.25, 0.3) is 0 Å². The van der Waals surface area contributed by atoms with Gasteiger partial charge >= 0.3 is 12.4 Å². The van der Waals surface area contributed by atoms with E-state index < -0.39 is 29.2 Å². The summed E-state index contributed by atoms with van der Waals surface area (Å²) in [4.78, 5) is 10.9. The summed E-state index contributed by atoms with van der Waals surface area (Å²) in [6.45, 7) is 0. The van der Waals surface area contributed by atoms with Crippen molar-refractivity contribution in [1.82, 2.24) is 9.78 Å². The number of hydrogen-bond donors (Lipinski definition) is 0. The number of nitrogens with zero attached hydrogens (tertiary/aromatic N) is 2. The number of thiophene rings is 1. The van der Waals surface area contributed by atoms with E-state index in [-0.39, 0.29) is 21.9 Å². The van der Waals surface area contributed by atoms with Crippen LogP contribution in [0.3, 0.4) is 0 Å². The van der Waals surface area contributed by atoms with Crippen LogP contribution in [0.2, 0.25) is 0 Å². The van der Waals surface area contributed by atoms with E-state index >= 15 is 0 Å². The second kappa shape index (κ2) is 6.19. The molecule has 0 saturated carbocycles. The Kier molecular flexibility index (Phi) is 4.81. The summed E-state index contributed by atoms with van der Waals surface area (Å²) >= 11 is 1.55. The average molecular weight is 374 g/mol. The highest BCUT2D eigenvalue weighted by atomic mass is 32.2. The molecule has 0 unspecified atom stereocenters. The van der Waals surface area contributed by atoms with Gasteiger partial charge in [-0.2, -0.15) is 31.4 Å². The van der Waals surface area contributed by atoms with Gasteiger partial charge in [0.2, 0.25) is 0 Å². The fourth-order valence-electron chi connectivity index (χ4n) is 1.85. The van der Waals surface area contributed by atoms with Gasteiger partial charge in [0.05, 0.1) is 11.1 Å². The fraction of sp³-hybridized carbons (Fsp3) is 0.333. The standard InChI is InChI=1S/C12H8F6N2OS2/c1-20-10(6(4-21)9(19-20)12(16,17)18)23-5-8-7(2-3-22-8)11(13,14)15/h2-4H,5H2,1H3. The lowest BCUT2D eigenvalue weighted by Gasteiger charge is -2.08. The van der Waals surface area contributed by atoms with Gasteiger partial charge in [0.1, 0.15) is 5.03 Å². The third-order valence-electron chi connectivity index (χ3n) is 2.81. The van der Waals surface area contributed by atoms with Crippen molar-refractivity contribution in [1.29, 1.82) is 0 Å². The molecule has 0 aliphatic carbocycles. The lowest BCUT2D eigenvalue weighted by Crippen LogP contribution is -2.09. The maximum absolute atomic E-state index is 12.8. The van der Waals surface area contributed by atoms with E-state index in [1.54, 1.807) is 0 Å². The summed E-state index contributed by atoms with van der Waals surface area (Å²) in [6, 6.07) is 0.908. The van der Waals surface area contributed by atoms with Crippen LogP contribution in [0.1, 0.15) is 26.5 Å². The second-order valence-corrected chi connectivity index (χ2v) is 6.32. The van der Waals surface area contributed by atoms with Crippen molar-refractivity contribution in [3.05, 3.63) is 33.1 Å². The first-order chi connectivity index (χ1) is 10.6. The van der Waals surface area contributed by atoms with Crippen LogP contribution in [0, 0.1) is 0 Å². The summed E-state index contributed by atoms with van der Waals surface area (Å²) in [5, 5.41) is 4.37. The molecule has 0 N–H and O–H groups in total. The molecule has 0 aliphatic rings. The second-order valence-electron chi connectivity index (χ2n) is 4.35. The molecule has 2 aromatic rings. The molecule has 0 atom stereocenters. The zero-order chi connectivity index (χ0) is 17.4. The van der Waals surface area contributed by atoms with Crippen LogP contribution in [0.5, 0.6) is 0 Å². The zero-order valence-electron chi connectivity index (χ0n) is 11.3. The fourth-order valence-corrected chi connectivity index (χ4v) is 3.93. The molecule has 0 spiro atoms. The maximum atomic E-state index is 12.8. The van der Waals surface area contributed by atoms with Crippen LogP contribution < -0.4 is 0 Å². The van der Waals surface area contributed by atoms with Gasteiger partial charge in [0, 0.05) is 17.7 Å². The minimum absolute atomic E-state index is 0.0112. The Labute approximate surface area is 134 Å². The molecule has 11 heteroatoms. The number of carbonyl (C=O) groups is 1. The van der Waals surface area contributed by atoms with Gasteiger partial charge in [0.15, 0.2) is 12.0 Å². The zero-order valence-corrected chi connectivity index (χ0v) is 13.0. The van der Waals surface area contributed by atoms with Crippen LogP contribution in [0.4, 0.5) is 26.3 Å². The molecular weight excluding hydrogens is 366 g/mol. The molecule has 0 aromatic carbocycles. The van der Waals surface area contributed by atoms with Gasteiger partial charge in [-0.3, -0.25) is 9.48 Å². The van der Waals surface area contributed by atoms with E-state index in [0.717, 1.165) is 22.1 Å². The highest BCUT2D eigenvalue weighted by molar-refractivity contribution is 7.98. The lowest BCUT2D eigenvalue weighted by atomic mass is 10.2. The summed E-state index contributed by atoms with van der Waals surface area (Å²) in [5.41, 5.74) is -2.85. The van der Waals surface area contributed by atoms with Gasteiger partial charge < -0.3 is 0 Å². The van der Waals surface area contributed by atoms with Gasteiger partial charge in [-0.05, 0) is 11.4 Å². The van der Waals surface area contributed by atoms with Crippen LogP contribution >= 0.6 is 23.1 Å². The van der Waals surface area contributed by atoms with E-state index in [1.165, 1.54) is 12.4 Å².